The standard InChI is InChI=1S/C13H23N5OS/c1-5-7-15-10-8-11(17-13(16-10)20-4)18(6-2)9-12(19)14-3/h8H,5-7,9H2,1-4H3,(H,14,19)(H,15,16,17). The van der Waals surface area contributed by atoms with Crippen LogP contribution in [0.25, 0.3) is 0 Å². The van der Waals surface area contributed by atoms with Gasteiger partial charge < -0.3 is 15.5 Å². The lowest BCUT2D eigenvalue weighted by atomic mass is 10.4. The van der Waals surface area contributed by atoms with Crippen LogP contribution in [0, 0.1) is 0 Å². The molecule has 6 nitrogen and oxygen atoms in total. The van der Waals surface area contributed by atoms with Gasteiger partial charge in [-0.15, -0.1) is 0 Å². The zero-order valence-corrected chi connectivity index (χ0v) is 13.4. The molecule has 0 aromatic carbocycles. The summed E-state index contributed by atoms with van der Waals surface area (Å²) < 4.78 is 0. The number of amides is 1. The summed E-state index contributed by atoms with van der Waals surface area (Å²) in [6.07, 6.45) is 2.97. The third-order valence-corrected chi connectivity index (χ3v) is 3.30. The van der Waals surface area contributed by atoms with Gasteiger partial charge in [0.15, 0.2) is 5.16 Å². The van der Waals surface area contributed by atoms with Crippen LogP contribution in [0.3, 0.4) is 0 Å². The first-order valence-corrected chi connectivity index (χ1v) is 7.99. The van der Waals surface area contributed by atoms with Crippen molar-refractivity contribution in [3.8, 4) is 0 Å². The van der Waals surface area contributed by atoms with Crippen LogP contribution >= 0.6 is 11.8 Å². The van der Waals surface area contributed by atoms with Crippen LogP contribution in [0.15, 0.2) is 11.2 Å². The highest BCUT2D eigenvalue weighted by molar-refractivity contribution is 7.98. The summed E-state index contributed by atoms with van der Waals surface area (Å²) in [5.41, 5.74) is 0. The lowest BCUT2D eigenvalue weighted by molar-refractivity contribution is -0.119. The predicted octanol–water partition coefficient (Wildman–Crippen LogP) is 1.59. The number of likely N-dealkylation sites (N-methyl/N-ethyl adjacent to an activating group) is 2. The van der Waals surface area contributed by atoms with Gasteiger partial charge in [0.2, 0.25) is 5.91 Å². The van der Waals surface area contributed by atoms with Gasteiger partial charge in [0.25, 0.3) is 0 Å². The Kier molecular flexibility index (Phi) is 7.14. The lowest BCUT2D eigenvalue weighted by Crippen LogP contribution is -2.36. The molecule has 112 valence electrons. The summed E-state index contributed by atoms with van der Waals surface area (Å²) in [6, 6.07) is 1.89. The maximum Gasteiger partial charge on any atom is 0.239 e. The Morgan fingerprint density at radius 1 is 1.40 bits per heavy atom. The molecule has 1 amide bonds. The number of nitrogens with one attached hydrogen (secondary N) is 2. The van der Waals surface area contributed by atoms with E-state index in [0.717, 1.165) is 24.6 Å². The van der Waals surface area contributed by atoms with Gasteiger partial charge in [0.1, 0.15) is 11.6 Å². The van der Waals surface area contributed by atoms with Crippen molar-refractivity contribution in [1.29, 1.82) is 0 Å². The molecular formula is C13H23N5OS. The zero-order chi connectivity index (χ0) is 15.0. The monoisotopic (exact) mass is 297 g/mol. The second kappa shape index (κ2) is 8.63. The Bertz CT molecular complexity index is 441. The van der Waals surface area contributed by atoms with E-state index in [9.17, 15) is 4.79 Å². The molecule has 2 N–H and O–H groups in total. The zero-order valence-electron chi connectivity index (χ0n) is 12.6. The minimum atomic E-state index is -0.0285. The van der Waals surface area contributed by atoms with Crippen molar-refractivity contribution in [2.45, 2.75) is 25.4 Å². The van der Waals surface area contributed by atoms with Crippen LogP contribution in [-0.4, -0.2) is 48.8 Å². The van der Waals surface area contributed by atoms with Crippen LogP contribution < -0.4 is 15.5 Å². The fourth-order valence-electron chi connectivity index (χ4n) is 1.62. The van der Waals surface area contributed by atoms with Crippen LogP contribution in [0.4, 0.5) is 11.6 Å². The first-order chi connectivity index (χ1) is 9.64. The summed E-state index contributed by atoms with van der Waals surface area (Å²) in [4.78, 5) is 22.4. The van der Waals surface area contributed by atoms with E-state index in [-0.39, 0.29) is 5.91 Å². The summed E-state index contributed by atoms with van der Waals surface area (Å²) in [5, 5.41) is 6.60. The molecule has 20 heavy (non-hydrogen) atoms. The van der Waals surface area contributed by atoms with E-state index in [1.807, 2.05) is 24.1 Å². The number of anilines is 2. The number of hydrogen-bond acceptors (Lipinski definition) is 6. The molecule has 0 unspecified atom stereocenters. The Morgan fingerprint density at radius 3 is 2.70 bits per heavy atom. The Labute approximate surface area is 124 Å². The molecule has 1 rings (SSSR count). The van der Waals surface area contributed by atoms with E-state index in [2.05, 4.69) is 27.5 Å². The summed E-state index contributed by atoms with van der Waals surface area (Å²) in [5.74, 6) is 1.55. The molecular weight excluding hydrogens is 274 g/mol. The third kappa shape index (κ3) is 4.88. The maximum atomic E-state index is 11.5. The van der Waals surface area contributed by atoms with Crippen LogP contribution in [0.5, 0.6) is 0 Å². The molecule has 0 aliphatic carbocycles. The highest BCUT2D eigenvalue weighted by Crippen LogP contribution is 2.20. The average molecular weight is 297 g/mol. The number of carbonyl (C=O) groups is 1. The van der Waals surface area contributed by atoms with Gasteiger partial charge in [0.05, 0.1) is 6.54 Å². The van der Waals surface area contributed by atoms with Gasteiger partial charge in [0, 0.05) is 26.2 Å². The van der Waals surface area contributed by atoms with Gasteiger partial charge in [-0.2, -0.15) is 0 Å². The highest BCUT2D eigenvalue weighted by Gasteiger charge is 2.13. The van der Waals surface area contributed by atoms with Crippen LogP contribution in [0.2, 0.25) is 0 Å². The van der Waals surface area contributed by atoms with Crippen molar-refractivity contribution < 1.29 is 4.79 Å². The molecule has 1 aromatic heterocycles. The first kappa shape index (κ1) is 16.6. The van der Waals surface area contributed by atoms with Crippen molar-refractivity contribution in [1.82, 2.24) is 15.3 Å². The van der Waals surface area contributed by atoms with E-state index >= 15 is 0 Å². The first-order valence-electron chi connectivity index (χ1n) is 6.77. The van der Waals surface area contributed by atoms with E-state index in [0.29, 0.717) is 18.2 Å². The maximum absolute atomic E-state index is 11.5. The largest absolute Gasteiger partial charge is 0.370 e. The summed E-state index contributed by atoms with van der Waals surface area (Å²) >= 11 is 1.49. The van der Waals surface area contributed by atoms with Gasteiger partial charge >= 0.3 is 0 Å². The Morgan fingerprint density at radius 2 is 2.15 bits per heavy atom. The Balaban J connectivity index is 2.97. The number of thioether (sulfide) groups is 1. The van der Waals surface area contributed by atoms with Crippen molar-refractivity contribution in [3.05, 3.63) is 6.07 Å². The van der Waals surface area contributed by atoms with Gasteiger partial charge in [-0.1, -0.05) is 18.7 Å². The van der Waals surface area contributed by atoms with E-state index in [1.165, 1.54) is 11.8 Å². The fraction of sp³-hybridized carbons (Fsp3) is 0.615. The SMILES string of the molecule is CCCNc1cc(N(CC)CC(=O)NC)nc(SC)n1. The van der Waals surface area contributed by atoms with Crippen molar-refractivity contribution >= 4 is 29.3 Å². The number of carbonyl (C=O) groups excluding carboxylic acids is 1. The smallest absolute Gasteiger partial charge is 0.239 e. The molecule has 1 heterocycles. The molecule has 0 aliphatic heterocycles. The van der Waals surface area contributed by atoms with Crippen LogP contribution in [0.1, 0.15) is 20.3 Å². The fourth-order valence-corrected chi connectivity index (χ4v) is 1.99. The van der Waals surface area contributed by atoms with Gasteiger partial charge in [-0.3, -0.25) is 4.79 Å². The molecule has 0 atom stereocenters. The molecule has 0 fully saturated rings. The topological polar surface area (TPSA) is 70.2 Å². The van der Waals surface area contributed by atoms with E-state index in [4.69, 9.17) is 0 Å². The summed E-state index contributed by atoms with van der Waals surface area (Å²) in [7, 11) is 1.64. The quantitative estimate of drug-likeness (QED) is 0.561. The van der Waals surface area contributed by atoms with Gasteiger partial charge in [-0.05, 0) is 19.6 Å². The molecule has 0 saturated heterocycles. The Hall–Kier alpha value is -1.50. The highest BCUT2D eigenvalue weighted by atomic mass is 32.2. The number of aromatic nitrogens is 2. The molecule has 0 radical (unpaired) electrons. The van der Waals surface area contributed by atoms with Gasteiger partial charge in [-0.25, -0.2) is 9.97 Å². The predicted molar refractivity (Wildman–Crippen MR) is 84.5 cm³/mol. The number of hydrogen-bond donors (Lipinski definition) is 2. The van der Waals surface area contributed by atoms with Crippen LogP contribution in [-0.2, 0) is 4.79 Å². The number of rotatable bonds is 8. The van der Waals surface area contributed by atoms with Crippen molar-refractivity contribution in [3.63, 3.8) is 0 Å². The van der Waals surface area contributed by atoms with E-state index in [1.54, 1.807) is 7.05 Å². The molecule has 0 saturated carbocycles. The summed E-state index contributed by atoms with van der Waals surface area (Å²) in [6.45, 7) is 5.99. The van der Waals surface area contributed by atoms with E-state index < -0.39 is 0 Å². The lowest BCUT2D eigenvalue weighted by Gasteiger charge is -2.22. The minimum absolute atomic E-state index is 0.0285. The van der Waals surface area contributed by atoms with Crippen molar-refractivity contribution in [2.24, 2.45) is 0 Å². The molecule has 0 bridgehead atoms. The second-order valence-corrected chi connectivity index (χ2v) is 4.99. The average Bonchev–Trinajstić information content (AvgIpc) is 2.49. The molecule has 7 heteroatoms. The molecule has 1 aromatic rings. The third-order valence-electron chi connectivity index (χ3n) is 2.75. The normalized spacial score (nSPS) is 10.2. The van der Waals surface area contributed by atoms with Crippen molar-refractivity contribution in [2.75, 3.05) is 43.2 Å². The number of nitrogens with zero attached hydrogens (tertiary/aromatic N) is 3. The molecule has 0 spiro atoms. The minimum Gasteiger partial charge on any atom is -0.370 e. The molecule has 0 aliphatic rings. The second-order valence-electron chi connectivity index (χ2n) is 4.21.